The Hall–Kier alpha value is -0.660. The molecule has 0 aliphatic carbocycles. The third-order valence-corrected chi connectivity index (χ3v) is 5.08. The lowest BCUT2D eigenvalue weighted by atomic mass is 10.1. The van der Waals surface area contributed by atoms with Crippen LogP contribution in [0.4, 0.5) is 0 Å². The zero-order chi connectivity index (χ0) is 13.6. The molecule has 7 heteroatoms. The number of nitrogens with one attached hydrogen (secondary N) is 1. The summed E-state index contributed by atoms with van der Waals surface area (Å²) in [5.74, 6) is -0.852. The first-order valence-corrected chi connectivity index (χ1v) is 7.77. The molecule has 1 unspecified atom stereocenters. The number of ether oxygens (including phenoxy) is 1. The molecule has 1 saturated heterocycles. The third kappa shape index (κ3) is 5.32. The normalized spacial score (nSPS) is 19.6. The Balaban J connectivity index is 2.36. The summed E-state index contributed by atoms with van der Waals surface area (Å²) < 4.78 is 31.8. The maximum absolute atomic E-state index is 12.0. The predicted molar refractivity (Wildman–Crippen MR) is 66.8 cm³/mol. The van der Waals surface area contributed by atoms with Gasteiger partial charge in [-0.1, -0.05) is 0 Å². The molecule has 0 spiro atoms. The number of aliphatic carboxylic acids is 1. The van der Waals surface area contributed by atoms with Crippen molar-refractivity contribution >= 4 is 16.0 Å². The molecule has 1 heterocycles. The van der Waals surface area contributed by atoms with Crippen molar-refractivity contribution in [3.63, 3.8) is 0 Å². The Morgan fingerprint density at radius 1 is 1.44 bits per heavy atom. The lowest BCUT2D eigenvalue weighted by Gasteiger charge is -2.24. The molecule has 2 N–H and O–H groups in total. The van der Waals surface area contributed by atoms with Crippen LogP contribution in [0.15, 0.2) is 0 Å². The van der Waals surface area contributed by atoms with Crippen LogP contribution in [0.5, 0.6) is 0 Å². The Morgan fingerprint density at radius 2 is 2.06 bits per heavy atom. The van der Waals surface area contributed by atoms with Gasteiger partial charge in [0.2, 0.25) is 10.0 Å². The van der Waals surface area contributed by atoms with E-state index in [0.29, 0.717) is 38.9 Å². The van der Waals surface area contributed by atoms with Crippen LogP contribution < -0.4 is 4.72 Å². The number of carboxylic acids is 1. The quantitative estimate of drug-likeness (QED) is 0.716. The number of carboxylic acid groups (broad SMARTS) is 1. The molecule has 0 amide bonds. The van der Waals surface area contributed by atoms with Crippen LogP contribution in [0.2, 0.25) is 0 Å². The van der Waals surface area contributed by atoms with Crippen LogP contribution in [0, 0.1) is 0 Å². The molecule has 0 saturated carbocycles. The molecule has 0 aromatic heterocycles. The van der Waals surface area contributed by atoms with Gasteiger partial charge in [0.05, 0.1) is 5.25 Å². The van der Waals surface area contributed by atoms with E-state index in [1.165, 1.54) is 0 Å². The smallest absolute Gasteiger partial charge is 0.303 e. The molecule has 1 aliphatic heterocycles. The van der Waals surface area contributed by atoms with Gasteiger partial charge in [0.15, 0.2) is 0 Å². The van der Waals surface area contributed by atoms with Crippen LogP contribution in [0.25, 0.3) is 0 Å². The van der Waals surface area contributed by atoms with E-state index in [9.17, 15) is 13.2 Å². The number of carbonyl (C=O) groups is 1. The standard InChI is InChI=1S/C11H21NO5S/c1-9(3-2-4-11(13)14)12-18(15,16)10-5-7-17-8-6-10/h9-10,12H,2-8H2,1H3,(H,13,14). The molecule has 0 radical (unpaired) electrons. The van der Waals surface area contributed by atoms with Crippen molar-refractivity contribution in [2.24, 2.45) is 0 Å². The maximum atomic E-state index is 12.0. The highest BCUT2D eigenvalue weighted by molar-refractivity contribution is 7.90. The van der Waals surface area contributed by atoms with Gasteiger partial charge in [-0.3, -0.25) is 4.79 Å². The summed E-state index contributed by atoms with van der Waals surface area (Å²) in [7, 11) is -3.31. The van der Waals surface area contributed by atoms with Gasteiger partial charge in [-0.05, 0) is 32.6 Å². The van der Waals surface area contributed by atoms with Crippen LogP contribution in [0.1, 0.15) is 39.0 Å². The molecule has 0 bridgehead atoms. The molecule has 18 heavy (non-hydrogen) atoms. The van der Waals surface area contributed by atoms with Crippen molar-refractivity contribution in [3.8, 4) is 0 Å². The van der Waals surface area contributed by atoms with E-state index in [2.05, 4.69) is 4.72 Å². The summed E-state index contributed by atoms with van der Waals surface area (Å²) in [5.41, 5.74) is 0. The van der Waals surface area contributed by atoms with Crippen molar-refractivity contribution in [2.45, 2.75) is 50.3 Å². The maximum Gasteiger partial charge on any atom is 0.303 e. The molecule has 6 nitrogen and oxygen atoms in total. The fourth-order valence-electron chi connectivity index (χ4n) is 1.98. The molecule has 0 aromatic carbocycles. The average Bonchev–Trinajstić information content (AvgIpc) is 2.29. The van der Waals surface area contributed by atoms with E-state index in [1.807, 2.05) is 0 Å². The minimum atomic E-state index is -3.31. The van der Waals surface area contributed by atoms with Gasteiger partial charge in [0.25, 0.3) is 0 Å². The molecule has 1 rings (SSSR count). The molecular weight excluding hydrogens is 258 g/mol. The fourth-order valence-corrected chi connectivity index (χ4v) is 3.67. The first kappa shape index (κ1) is 15.4. The average molecular weight is 279 g/mol. The summed E-state index contributed by atoms with van der Waals surface area (Å²) in [5, 5.41) is 8.13. The molecule has 1 aliphatic rings. The minimum absolute atomic E-state index is 0.0728. The van der Waals surface area contributed by atoms with E-state index >= 15 is 0 Å². The molecule has 1 atom stereocenters. The van der Waals surface area contributed by atoms with Gasteiger partial charge >= 0.3 is 5.97 Å². The van der Waals surface area contributed by atoms with Gasteiger partial charge < -0.3 is 9.84 Å². The van der Waals surface area contributed by atoms with E-state index in [0.717, 1.165) is 0 Å². The third-order valence-electron chi connectivity index (χ3n) is 3.00. The predicted octanol–water partition coefficient (Wildman–Crippen LogP) is 0.728. The SMILES string of the molecule is CC(CCCC(=O)O)NS(=O)(=O)C1CCOCC1. The Morgan fingerprint density at radius 3 is 2.61 bits per heavy atom. The molecule has 0 aromatic rings. The highest BCUT2D eigenvalue weighted by Crippen LogP contribution is 2.15. The zero-order valence-corrected chi connectivity index (χ0v) is 11.4. The van der Waals surface area contributed by atoms with Crippen molar-refractivity contribution in [1.29, 1.82) is 0 Å². The van der Waals surface area contributed by atoms with Crippen LogP contribution in [0.3, 0.4) is 0 Å². The van der Waals surface area contributed by atoms with Crippen molar-refractivity contribution < 1.29 is 23.1 Å². The van der Waals surface area contributed by atoms with E-state index in [1.54, 1.807) is 6.92 Å². The Kier molecular flexibility index (Phi) is 6.04. The minimum Gasteiger partial charge on any atom is -0.481 e. The Labute approximate surface area is 108 Å². The lowest BCUT2D eigenvalue weighted by molar-refractivity contribution is -0.137. The monoisotopic (exact) mass is 279 g/mol. The van der Waals surface area contributed by atoms with Crippen molar-refractivity contribution in [1.82, 2.24) is 4.72 Å². The summed E-state index contributed by atoms with van der Waals surface area (Å²) >= 11 is 0. The highest BCUT2D eigenvalue weighted by Gasteiger charge is 2.28. The van der Waals surface area contributed by atoms with E-state index in [4.69, 9.17) is 9.84 Å². The fraction of sp³-hybridized carbons (Fsp3) is 0.909. The summed E-state index contributed by atoms with van der Waals surface area (Å²) in [6.07, 6.45) is 2.14. The Bertz CT molecular complexity index is 362. The van der Waals surface area contributed by atoms with Gasteiger partial charge in [0, 0.05) is 25.7 Å². The summed E-state index contributed by atoms with van der Waals surface area (Å²) in [6.45, 7) is 2.73. The lowest BCUT2D eigenvalue weighted by Crippen LogP contribution is -2.42. The largest absolute Gasteiger partial charge is 0.481 e. The molecule has 1 fully saturated rings. The van der Waals surface area contributed by atoms with Crippen molar-refractivity contribution in [2.75, 3.05) is 13.2 Å². The second kappa shape index (κ2) is 7.06. The second-order valence-corrected chi connectivity index (χ2v) is 6.65. The van der Waals surface area contributed by atoms with E-state index in [-0.39, 0.29) is 17.7 Å². The van der Waals surface area contributed by atoms with Crippen LogP contribution in [-0.4, -0.2) is 44.0 Å². The van der Waals surface area contributed by atoms with Crippen LogP contribution in [-0.2, 0) is 19.6 Å². The van der Waals surface area contributed by atoms with Crippen molar-refractivity contribution in [3.05, 3.63) is 0 Å². The molecular formula is C11H21NO5S. The highest BCUT2D eigenvalue weighted by atomic mass is 32.2. The summed E-state index contributed by atoms with van der Waals surface area (Å²) in [4.78, 5) is 10.4. The second-order valence-electron chi connectivity index (χ2n) is 4.66. The van der Waals surface area contributed by atoms with Crippen LogP contribution >= 0.6 is 0 Å². The zero-order valence-electron chi connectivity index (χ0n) is 10.6. The number of hydrogen-bond acceptors (Lipinski definition) is 4. The number of sulfonamides is 1. The summed E-state index contributed by atoms with van der Waals surface area (Å²) in [6, 6.07) is -0.225. The number of hydrogen-bond donors (Lipinski definition) is 2. The van der Waals surface area contributed by atoms with Gasteiger partial charge in [0.1, 0.15) is 0 Å². The molecule has 106 valence electrons. The van der Waals surface area contributed by atoms with Gasteiger partial charge in [-0.15, -0.1) is 0 Å². The van der Waals surface area contributed by atoms with E-state index < -0.39 is 16.0 Å². The topological polar surface area (TPSA) is 92.7 Å². The first-order chi connectivity index (χ1) is 8.42. The van der Waals surface area contributed by atoms with Gasteiger partial charge in [-0.2, -0.15) is 0 Å². The number of rotatable bonds is 7. The first-order valence-electron chi connectivity index (χ1n) is 6.22. The van der Waals surface area contributed by atoms with Gasteiger partial charge in [-0.25, -0.2) is 13.1 Å².